The number of rotatable bonds is 3. The number of methoxy groups -OCH3 is 1. The van der Waals surface area contributed by atoms with Crippen molar-refractivity contribution in [2.45, 2.75) is 12.3 Å². The van der Waals surface area contributed by atoms with E-state index in [1.54, 1.807) is 7.11 Å². The van der Waals surface area contributed by atoms with Gasteiger partial charge in [-0.1, -0.05) is 0 Å². The van der Waals surface area contributed by atoms with E-state index < -0.39 is 0 Å². The number of nitrogens with zero attached hydrogens (tertiary/aromatic N) is 2. The van der Waals surface area contributed by atoms with Gasteiger partial charge < -0.3 is 14.5 Å². The molecule has 2 aromatic rings. The van der Waals surface area contributed by atoms with Gasteiger partial charge in [-0.25, -0.2) is 0 Å². The SMILES string of the molecule is COc1ccc(-c2nnc([C@H]3CCNC3)o2)cc1. The molecule has 94 valence electrons. The molecule has 1 aromatic carbocycles. The highest BCUT2D eigenvalue weighted by molar-refractivity contribution is 5.53. The predicted octanol–water partition coefficient (Wildman–Crippen LogP) is 1.82. The molecule has 0 aliphatic carbocycles. The Morgan fingerprint density at radius 2 is 2.11 bits per heavy atom. The molecule has 1 aliphatic heterocycles. The normalized spacial score (nSPS) is 19.1. The topological polar surface area (TPSA) is 60.2 Å². The van der Waals surface area contributed by atoms with E-state index in [0.717, 1.165) is 36.7 Å². The summed E-state index contributed by atoms with van der Waals surface area (Å²) in [5, 5.41) is 11.5. The summed E-state index contributed by atoms with van der Waals surface area (Å²) in [7, 11) is 1.65. The highest BCUT2D eigenvalue weighted by Crippen LogP contribution is 2.26. The number of hydrogen-bond donors (Lipinski definition) is 1. The molecule has 0 unspecified atom stereocenters. The van der Waals surface area contributed by atoms with Crippen LogP contribution in [0, 0.1) is 0 Å². The first kappa shape index (κ1) is 11.2. The average molecular weight is 245 g/mol. The van der Waals surface area contributed by atoms with E-state index in [0.29, 0.717) is 11.8 Å². The van der Waals surface area contributed by atoms with Crippen LogP contribution in [0.2, 0.25) is 0 Å². The molecule has 1 fully saturated rings. The Labute approximate surface area is 105 Å². The Bertz CT molecular complexity index is 515. The summed E-state index contributed by atoms with van der Waals surface area (Å²) in [5.41, 5.74) is 0.917. The fourth-order valence-corrected chi connectivity index (χ4v) is 2.12. The molecule has 3 rings (SSSR count). The standard InChI is InChI=1S/C13H15N3O2/c1-17-11-4-2-9(3-5-11)12-15-16-13(18-12)10-6-7-14-8-10/h2-5,10,14H,6-8H2,1H3/t10-/m0/s1. The highest BCUT2D eigenvalue weighted by atomic mass is 16.5. The van der Waals surface area contributed by atoms with Crippen molar-refractivity contribution in [1.29, 1.82) is 0 Å². The van der Waals surface area contributed by atoms with Crippen LogP contribution < -0.4 is 10.1 Å². The van der Waals surface area contributed by atoms with Crippen LogP contribution in [0.4, 0.5) is 0 Å². The van der Waals surface area contributed by atoms with Crippen molar-refractivity contribution in [3.05, 3.63) is 30.2 Å². The second-order valence-electron chi connectivity index (χ2n) is 4.36. The second kappa shape index (κ2) is 4.78. The van der Waals surface area contributed by atoms with Gasteiger partial charge in [0, 0.05) is 12.1 Å². The molecule has 1 aromatic heterocycles. The molecule has 0 saturated carbocycles. The van der Waals surface area contributed by atoms with Crippen LogP contribution in [0.25, 0.3) is 11.5 Å². The first-order chi connectivity index (χ1) is 8.86. The lowest BCUT2D eigenvalue weighted by Gasteiger charge is -2.01. The number of hydrogen-bond acceptors (Lipinski definition) is 5. The fraction of sp³-hybridized carbons (Fsp3) is 0.385. The minimum absolute atomic E-state index is 0.351. The van der Waals surface area contributed by atoms with E-state index in [1.807, 2.05) is 24.3 Å². The molecule has 5 heteroatoms. The largest absolute Gasteiger partial charge is 0.497 e. The van der Waals surface area contributed by atoms with E-state index in [4.69, 9.17) is 9.15 Å². The van der Waals surface area contributed by atoms with Crippen LogP contribution in [0.15, 0.2) is 28.7 Å². The van der Waals surface area contributed by atoms with Gasteiger partial charge >= 0.3 is 0 Å². The molecule has 0 bridgehead atoms. The van der Waals surface area contributed by atoms with Crippen LogP contribution in [0.1, 0.15) is 18.2 Å². The van der Waals surface area contributed by atoms with E-state index >= 15 is 0 Å². The molecular weight excluding hydrogens is 230 g/mol. The quantitative estimate of drug-likeness (QED) is 0.893. The molecule has 1 aliphatic rings. The maximum atomic E-state index is 5.72. The highest BCUT2D eigenvalue weighted by Gasteiger charge is 2.22. The molecule has 1 atom stereocenters. The van der Waals surface area contributed by atoms with Crippen molar-refractivity contribution >= 4 is 0 Å². The lowest BCUT2D eigenvalue weighted by atomic mass is 10.1. The maximum absolute atomic E-state index is 5.72. The first-order valence-corrected chi connectivity index (χ1v) is 6.05. The van der Waals surface area contributed by atoms with Crippen molar-refractivity contribution in [2.75, 3.05) is 20.2 Å². The van der Waals surface area contributed by atoms with Crippen molar-refractivity contribution in [1.82, 2.24) is 15.5 Å². The van der Waals surface area contributed by atoms with E-state index in [-0.39, 0.29) is 0 Å². The Kier molecular flexibility index (Phi) is 2.98. The van der Waals surface area contributed by atoms with Crippen LogP contribution in [0.5, 0.6) is 5.75 Å². The van der Waals surface area contributed by atoms with Crippen LogP contribution >= 0.6 is 0 Å². The molecule has 1 saturated heterocycles. The summed E-state index contributed by atoms with van der Waals surface area (Å²) >= 11 is 0. The average Bonchev–Trinajstić information content (AvgIpc) is 3.09. The maximum Gasteiger partial charge on any atom is 0.247 e. The Morgan fingerprint density at radius 3 is 2.78 bits per heavy atom. The summed E-state index contributed by atoms with van der Waals surface area (Å²) in [6.45, 7) is 1.94. The number of nitrogens with one attached hydrogen (secondary N) is 1. The predicted molar refractivity (Wildman–Crippen MR) is 66.5 cm³/mol. The lowest BCUT2D eigenvalue weighted by Crippen LogP contribution is -2.08. The van der Waals surface area contributed by atoms with Gasteiger partial charge in [0.05, 0.1) is 13.0 Å². The third-order valence-corrected chi connectivity index (χ3v) is 3.19. The summed E-state index contributed by atoms with van der Waals surface area (Å²) in [6.07, 6.45) is 1.06. The molecule has 0 spiro atoms. The fourth-order valence-electron chi connectivity index (χ4n) is 2.12. The molecule has 2 heterocycles. The zero-order chi connectivity index (χ0) is 12.4. The summed E-state index contributed by atoms with van der Waals surface area (Å²) in [5.74, 6) is 2.47. The van der Waals surface area contributed by atoms with Gasteiger partial charge in [0.2, 0.25) is 11.8 Å². The Hall–Kier alpha value is -1.88. The monoisotopic (exact) mass is 245 g/mol. The molecule has 18 heavy (non-hydrogen) atoms. The molecule has 5 nitrogen and oxygen atoms in total. The second-order valence-corrected chi connectivity index (χ2v) is 4.36. The minimum atomic E-state index is 0.351. The van der Waals surface area contributed by atoms with Crippen LogP contribution in [0.3, 0.4) is 0 Å². The molecule has 1 N–H and O–H groups in total. The Morgan fingerprint density at radius 1 is 1.28 bits per heavy atom. The zero-order valence-corrected chi connectivity index (χ0v) is 10.2. The summed E-state index contributed by atoms with van der Waals surface area (Å²) in [6, 6.07) is 7.61. The van der Waals surface area contributed by atoms with Gasteiger partial charge in [0.25, 0.3) is 0 Å². The van der Waals surface area contributed by atoms with Crippen molar-refractivity contribution < 1.29 is 9.15 Å². The molecule has 0 radical (unpaired) electrons. The van der Waals surface area contributed by atoms with Gasteiger partial charge in [0.15, 0.2) is 0 Å². The molecular formula is C13H15N3O2. The zero-order valence-electron chi connectivity index (χ0n) is 10.2. The number of benzene rings is 1. The van der Waals surface area contributed by atoms with E-state index in [9.17, 15) is 0 Å². The van der Waals surface area contributed by atoms with Crippen LogP contribution in [-0.2, 0) is 0 Å². The minimum Gasteiger partial charge on any atom is -0.497 e. The van der Waals surface area contributed by atoms with Gasteiger partial charge in [-0.3, -0.25) is 0 Å². The third-order valence-electron chi connectivity index (χ3n) is 3.19. The van der Waals surface area contributed by atoms with Gasteiger partial charge in [-0.2, -0.15) is 0 Å². The number of ether oxygens (including phenoxy) is 1. The summed E-state index contributed by atoms with van der Waals surface area (Å²) < 4.78 is 10.8. The van der Waals surface area contributed by atoms with Gasteiger partial charge in [-0.15, -0.1) is 10.2 Å². The number of aromatic nitrogens is 2. The summed E-state index contributed by atoms with van der Waals surface area (Å²) in [4.78, 5) is 0. The smallest absolute Gasteiger partial charge is 0.247 e. The Balaban J connectivity index is 1.82. The molecule has 0 amide bonds. The van der Waals surface area contributed by atoms with Crippen LogP contribution in [-0.4, -0.2) is 30.4 Å². The van der Waals surface area contributed by atoms with Crippen molar-refractivity contribution in [3.63, 3.8) is 0 Å². The lowest BCUT2D eigenvalue weighted by molar-refractivity contribution is 0.414. The van der Waals surface area contributed by atoms with E-state index in [1.165, 1.54) is 0 Å². The van der Waals surface area contributed by atoms with Crippen molar-refractivity contribution in [3.8, 4) is 17.2 Å². The third kappa shape index (κ3) is 2.09. The first-order valence-electron chi connectivity index (χ1n) is 6.05. The van der Waals surface area contributed by atoms with E-state index in [2.05, 4.69) is 15.5 Å². The van der Waals surface area contributed by atoms with Gasteiger partial charge in [-0.05, 0) is 37.2 Å². The van der Waals surface area contributed by atoms with Gasteiger partial charge in [0.1, 0.15) is 5.75 Å². The van der Waals surface area contributed by atoms with Crippen molar-refractivity contribution in [2.24, 2.45) is 0 Å².